The van der Waals surface area contributed by atoms with E-state index in [4.69, 9.17) is 0 Å². The summed E-state index contributed by atoms with van der Waals surface area (Å²) in [5.74, 6) is 0.582. The molecule has 15 heavy (non-hydrogen) atoms. The van der Waals surface area contributed by atoms with Gasteiger partial charge in [-0.2, -0.15) is 0 Å². The number of hydrogen-bond acceptors (Lipinski definition) is 5. The zero-order chi connectivity index (χ0) is 10.7. The fourth-order valence-electron chi connectivity index (χ4n) is 1.17. The second-order valence-corrected chi connectivity index (χ2v) is 4.57. The molecule has 0 unspecified atom stereocenters. The molecule has 2 N–H and O–H groups in total. The Kier molecular flexibility index (Phi) is 3.15. The second-order valence-electron chi connectivity index (χ2n) is 3.60. The van der Waals surface area contributed by atoms with Crippen molar-refractivity contribution in [3.05, 3.63) is 5.01 Å². The van der Waals surface area contributed by atoms with Crippen LogP contribution in [0.5, 0.6) is 0 Å². The molecule has 0 atom stereocenters. The molecule has 2 rings (SSSR count). The first kappa shape index (κ1) is 10.4. The van der Waals surface area contributed by atoms with Gasteiger partial charge in [0.15, 0.2) is 0 Å². The van der Waals surface area contributed by atoms with Gasteiger partial charge in [-0.15, -0.1) is 10.2 Å². The molecule has 1 aromatic heterocycles. The Morgan fingerprint density at radius 3 is 3.00 bits per heavy atom. The van der Waals surface area contributed by atoms with E-state index in [-0.39, 0.29) is 5.91 Å². The van der Waals surface area contributed by atoms with Crippen molar-refractivity contribution in [1.82, 2.24) is 15.5 Å². The summed E-state index contributed by atoms with van der Waals surface area (Å²) in [4.78, 5) is 11.6. The monoisotopic (exact) mass is 226 g/mol. The fraction of sp³-hybridized carbons (Fsp3) is 0.667. The molecule has 1 fully saturated rings. The molecule has 1 saturated carbocycles. The van der Waals surface area contributed by atoms with Crippen LogP contribution in [0.3, 0.4) is 0 Å². The minimum atomic E-state index is -0.108. The van der Waals surface area contributed by atoms with E-state index in [0.29, 0.717) is 16.1 Å². The zero-order valence-electron chi connectivity index (χ0n) is 8.62. The van der Waals surface area contributed by atoms with E-state index in [0.717, 1.165) is 13.1 Å². The predicted octanol–water partition coefficient (Wildman–Crippen LogP) is 1.11. The Hall–Kier alpha value is -1.17. The molecule has 0 aromatic carbocycles. The molecule has 1 heterocycles. The molecule has 0 spiro atoms. The Labute approximate surface area is 92.3 Å². The van der Waals surface area contributed by atoms with E-state index in [2.05, 4.69) is 20.8 Å². The van der Waals surface area contributed by atoms with Crippen molar-refractivity contribution in [3.8, 4) is 0 Å². The highest BCUT2D eigenvalue weighted by Gasteiger charge is 2.22. The molecule has 0 radical (unpaired) electrons. The summed E-state index contributed by atoms with van der Waals surface area (Å²) in [5, 5.41) is 14.7. The van der Waals surface area contributed by atoms with Crippen LogP contribution < -0.4 is 10.6 Å². The Balaban J connectivity index is 1.86. The number of rotatable bonds is 5. The van der Waals surface area contributed by atoms with Crippen molar-refractivity contribution in [2.45, 2.75) is 19.8 Å². The van der Waals surface area contributed by atoms with E-state index in [1.807, 2.05) is 6.92 Å². The van der Waals surface area contributed by atoms with Gasteiger partial charge in [-0.05, 0) is 25.7 Å². The van der Waals surface area contributed by atoms with E-state index in [1.165, 1.54) is 24.2 Å². The summed E-state index contributed by atoms with van der Waals surface area (Å²) in [6.45, 7) is 3.54. The number of amides is 1. The summed E-state index contributed by atoms with van der Waals surface area (Å²) >= 11 is 1.29. The standard InChI is InChI=1S/C9H14N4OS/c1-2-10-9-13-12-8(15-9)7(14)11-5-6-3-4-6/h6H,2-5H2,1H3,(H,10,13)(H,11,14). The van der Waals surface area contributed by atoms with E-state index >= 15 is 0 Å². The summed E-state index contributed by atoms with van der Waals surface area (Å²) in [6.07, 6.45) is 2.47. The molecule has 5 nitrogen and oxygen atoms in total. The number of carbonyl (C=O) groups excluding carboxylic acids is 1. The lowest BCUT2D eigenvalue weighted by Crippen LogP contribution is -2.25. The maximum atomic E-state index is 11.6. The molecule has 6 heteroatoms. The number of anilines is 1. The Bertz CT molecular complexity index is 348. The topological polar surface area (TPSA) is 66.9 Å². The van der Waals surface area contributed by atoms with Gasteiger partial charge in [-0.1, -0.05) is 11.3 Å². The summed E-state index contributed by atoms with van der Waals surface area (Å²) in [6, 6.07) is 0. The highest BCUT2D eigenvalue weighted by molar-refractivity contribution is 7.17. The van der Waals surface area contributed by atoms with Crippen molar-refractivity contribution in [3.63, 3.8) is 0 Å². The van der Waals surface area contributed by atoms with E-state index in [1.54, 1.807) is 0 Å². The normalized spacial score (nSPS) is 15.0. The third-order valence-corrected chi connectivity index (χ3v) is 3.08. The van der Waals surface area contributed by atoms with Gasteiger partial charge in [0.2, 0.25) is 10.1 Å². The van der Waals surface area contributed by atoms with Crippen LogP contribution in [0.25, 0.3) is 0 Å². The summed E-state index contributed by atoms with van der Waals surface area (Å²) in [5.41, 5.74) is 0. The first-order valence-electron chi connectivity index (χ1n) is 5.15. The van der Waals surface area contributed by atoms with Gasteiger partial charge >= 0.3 is 0 Å². The van der Waals surface area contributed by atoms with Crippen LogP contribution in [0, 0.1) is 5.92 Å². The van der Waals surface area contributed by atoms with Crippen molar-refractivity contribution in [1.29, 1.82) is 0 Å². The smallest absolute Gasteiger partial charge is 0.282 e. The van der Waals surface area contributed by atoms with Crippen LogP contribution in [-0.4, -0.2) is 29.2 Å². The molecule has 0 saturated heterocycles. The van der Waals surface area contributed by atoms with Crippen LogP contribution >= 0.6 is 11.3 Å². The predicted molar refractivity (Wildman–Crippen MR) is 59.1 cm³/mol. The van der Waals surface area contributed by atoms with Gasteiger partial charge in [0.1, 0.15) is 0 Å². The van der Waals surface area contributed by atoms with Crippen molar-refractivity contribution >= 4 is 22.4 Å². The molecule has 82 valence electrons. The first-order valence-corrected chi connectivity index (χ1v) is 5.97. The highest BCUT2D eigenvalue weighted by Crippen LogP contribution is 2.27. The Morgan fingerprint density at radius 1 is 1.53 bits per heavy atom. The minimum absolute atomic E-state index is 0.108. The van der Waals surface area contributed by atoms with Gasteiger partial charge in [0, 0.05) is 13.1 Å². The van der Waals surface area contributed by atoms with Crippen molar-refractivity contribution in [2.75, 3.05) is 18.4 Å². The van der Waals surface area contributed by atoms with Crippen LogP contribution in [0.2, 0.25) is 0 Å². The molecule has 0 bridgehead atoms. The fourth-order valence-corrected chi connectivity index (χ4v) is 1.90. The van der Waals surface area contributed by atoms with Crippen LogP contribution in [0.1, 0.15) is 29.6 Å². The van der Waals surface area contributed by atoms with Gasteiger partial charge in [-0.3, -0.25) is 4.79 Å². The maximum absolute atomic E-state index is 11.6. The van der Waals surface area contributed by atoms with Gasteiger partial charge < -0.3 is 10.6 Å². The van der Waals surface area contributed by atoms with E-state index in [9.17, 15) is 4.79 Å². The van der Waals surface area contributed by atoms with Crippen LogP contribution in [0.4, 0.5) is 5.13 Å². The molecule has 1 aliphatic carbocycles. The number of carbonyl (C=O) groups is 1. The SMILES string of the molecule is CCNc1nnc(C(=O)NCC2CC2)s1. The first-order chi connectivity index (χ1) is 7.29. The number of nitrogens with zero attached hydrogens (tertiary/aromatic N) is 2. The van der Waals surface area contributed by atoms with Crippen molar-refractivity contribution in [2.24, 2.45) is 5.92 Å². The average Bonchev–Trinajstić information content (AvgIpc) is 2.94. The van der Waals surface area contributed by atoms with Gasteiger partial charge in [0.25, 0.3) is 5.91 Å². The molecule has 0 aliphatic heterocycles. The molecular weight excluding hydrogens is 212 g/mol. The highest BCUT2D eigenvalue weighted by atomic mass is 32.1. The van der Waals surface area contributed by atoms with Crippen LogP contribution in [-0.2, 0) is 0 Å². The largest absolute Gasteiger partial charge is 0.360 e. The van der Waals surface area contributed by atoms with Crippen molar-refractivity contribution < 1.29 is 4.79 Å². The van der Waals surface area contributed by atoms with Gasteiger partial charge in [0.05, 0.1) is 0 Å². The third-order valence-electron chi connectivity index (χ3n) is 2.20. The maximum Gasteiger partial charge on any atom is 0.282 e. The van der Waals surface area contributed by atoms with Gasteiger partial charge in [-0.25, -0.2) is 0 Å². The Morgan fingerprint density at radius 2 is 2.33 bits per heavy atom. The number of hydrogen-bond donors (Lipinski definition) is 2. The lowest BCUT2D eigenvalue weighted by Gasteiger charge is -1.98. The number of aromatic nitrogens is 2. The summed E-state index contributed by atoms with van der Waals surface area (Å²) in [7, 11) is 0. The minimum Gasteiger partial charge on any atom is -0.360 e. The number of nitrogens with one attached hydrogen (secondary N) is 2. The van der Waals surface area contributed by atoms with E-state index < -0.39 is 0 Å². The molecule has 1 aliphatic rings. The van der Waals surface area contributed by atoms with Crippen LogP contribution in [0.15, 0.2) is 0 Å². The zero-order valence-corrected chi connectivity index (χ0v) is 9.43. The third kappa shape index (κ3) is 2.89. The lowest BCUT2D eigenvalue weighted by atomic mass is 10.4. The molecule has 1 aromatic rings. The summed E-state index contributed by atoms with van der Waals surface area (Å²) < 4.78 is 0. The second kappa shape index (κ2) is 4.57. The molecule has 1 amide bonds. The quantitative estimate of drug-likeness (QED) is 0.789. The average molecular weight is 226 g/mol. The molecular formula is C9H14N4OS. The lowest BCUT2D eigenvalue weighted by molar-refractivity contribution is 0.0950.